The highest BCUT2D eigenvalue weighted by Gasteiger charge is 2.44. The Balaban J connectivity index is 1.49. The monoisotopic (exact) mass is 498 g/mol. The summed E-state index contributed by atoms with van der Waals surface area (Å²) in [6.45, 7) is 0. The highest BCUT2D eigenvalue weighted by molar-refractivity contribution is 8.26. The van der Waals surface area contributed by atoms with Crippen LogP contribution in [0.5, 0.6) is 23.0 Å². The lowest BCUT2D eigenvalue weighted by Crippen LogP contribution is -2.35. The molecule has 2 heterocycles. The van der Waals surface area contributed by atoms with E-state index in [1.165, 1.54) is 10.8 Å². The first kappa shape index (κ1) is 20.3. The largest absolute Gasteiger partial charge is 0.456 e. The van der Waals surface area contributed by atoms with Gasteiger partial charge >= 0.3 is 0 Å². The van der Waals surface area contributed by atoms with Crippen molar-refractivity contribution in [3.63, 3.8) is 0 Å². The van der Waals surface area contributed by atoms with Crippen LogP contribution in [0, 0.1) is 0 Å². The molecule has 8 rings (SSSR count). The molecule has 0 saturated carbocycles. The Hall–Kier alpha value is -3.91. The van der Waals surface area contributed by atoms with Crippen molar-refractivity contribution in [2.75, 3.05) is 0 Å². The fourth-order valence-corrected chi connectivity index (χ4v) is 10.1. The van der Waals surface area contributed by atoms with E-state index in [2.05, 4.69) is 103 Å². The van der Waals surface area contributed by atoms with Crippen LogP contribution >= 0.6 is 6.04 Å². The van der Waals surface area contributed by atoms with Crippen LogP contribution in [-0.2, 0) is 11.8 Å². The topological polar surface area (TPSA) is 18.5 Å². The van der Waals surface area contributed by atoms with E-state index in [1.54, 1.807) is 0 Å². The normalized spacial score (nSPS) is 17.0. The highest BCUT2D eigenvalue weighted by Crippen LogP contribution is 2.60. The maximum Gasteiger partial charge on any atom is 0.148 e. The van der Waals surface area contributed by atoms with Gasteiger partial charge in [0.2, 0.25) is 0 Å². The third-order valence-corrected chi connectivity index (χ3v) is 12.2. The molecule has 0 radical (unpaired) electrons. The lowest BCUT2D eigenvalue weighted by atomic mass is 10.00. The fourth-order valence-electron chi connectivity index (χ4n) is 5.60. The van der Waals surface area contributed by atoms with Gasteiger partial charge in [0, 0.05) is 21.6 Å². The van der Waals surface area contributed by atoms with Gasteiger partial charge in [-0.3, -0.25) is 0 Å². The smallest absolute Gasteiger partial charge is 0.148 e. The minimum absolute atomic E-state index is 0.801. The standard InChI is InChI=1S/C32H19O2PS/c36-35-28-12-6-5-11-26(28)33-27-17-16-25(23-14-13-20-7-1-2-9-22(20)19-23)31(32(27)35)34-30-24-10-4-3-8-21(24)15-18-29(30)35/h1-19H. The molecule has 6 aromatic rings. The van der Waals surface area contributed by atoms with Crippen molar-refractivity contribution < 1.29 is 9.47 Å². The second-order valence-electron chi connectivity index (χ2n) is 9.27. The van der Waals surface area contributed by atoms with Crippen molar-refractivity contribution in [2.45, 2.75) is 0 Å². The molecule has 2 aliphatic heterocycles. The molecule has 36 heavy (non-hydrogen) atoms. The predicted molar refractivity (Wildman–Crippen MR) is 153 cm³/mol. The molecule has 1 unspecified atom stereocenters. The molecule has 1 atom stereocenters. The van der Waals surface area contributed by atoms with Crippen molar-refractivity contribution in [3.8, 4) is 34.1 Å². The van der Waals surface area contributed by atoms with Crippen molar-refractivity contribution in [2.24, 2.45) is 0 Å². The number of fused-ring (bicyclic) bond motifs is 7. The maximum atomic E-state index is 6.90. The summed E-state index contributed by atoms with van der Waals surface area (Å²) in [6, 6.07) is 37.7. The van der Waals surface area contributed by atoms with Gasteiger partial charge in [0.1, 0.15) is 23.0 Å². The summed E-state index contributed by atoms with van der Waals surface area (Å²) in [4.78, 5) is 0. The van der Waals surface area contributed by atoms with Crippen LogP contribution < -0.4 is 25.4 Å². The van der Waals surface area contributed by atoms with Gasteiger partial charge in [-0.1, -0.05) is 90.7 Å². The van der Waals surface area contributed by atoms with Gasteiger partial charge in [-0.2, -0.15) is 0 Å². The molecule has 0 aliphatic carbocycles. The number of hydrogen-bond acceptors (Lipinski definition) is 3. The lowest BCUT2D eigenvalue weighted by Gasteiger charge is -2.38. The number of ether oxygens (including phenoxy) is 2. The molecule has 2 nitrogen and oxygen atoms in total. The maximum absolute atomic E-state index is 6.90. The highest BCUT2D eigenvalue weighted by atomic mass is 32.4. The summed E-state index contributed by atoms with van der Waals surface area (Å²) in [7, 11) is 0. The molecule has 0 aromatic heterocycles. The van der Waals surface area contributed by atoms with E-state index in [4.69, 9.17) is 21.3 Å². The minimum atomic E-state index is -2.43. The number of benzene rings is 6. The first-order valence-corrected chi connectivity index (χ1v) is 14.8. The van der Waals surface area contributed by atoms with E-state index in [0.717, 1.165) is 60.8 Å². The Morgan fingerprint density at radius 1 is 0.528 bits per heavy atom. The third kappa shape index (κ3) is 2.65. The van der Waals surface area contributed by atoms with Gasteiger partial charge in [0.25, 0.3) is 0 Å². The van der Waals surface area contributed by atoms with Gasteiger partial charge in [0.15, 0.2) is 0 Å². The van der Waals surface area contributed by atoms with Crippen LogP contribution in [0.25, 0.3) is 32.7 Å². The van der Waals surface area contributed by atoms with Crippen molar-refractivity contribution in [1.29, 1.82) is 0 Å². The summed E-state index contributed by atoms with van der Waals surface area (Å²) < 4.78 is 13.3. The summed E-state index contributed by atoms with van der Waals surface area (Å²) in [6.07, 6.45) is 0. The van der Waals surface area contributed by atoms with E-state index >= 15 is 0 Å². The number of hydrogen-bond donors (Lipinski definition) is 0. The first-order valence-electron chi connectivity index (χ1n) is 12.0. The average Bonchev–Trinajstić information content (AvgIpc) is 2.93. The summed E-state index contributed by atoms with van der Waals surface area (Å²) >= 11 is 6.76. The zero-order chi connectivity index (χ0) is 23.9. The summed E-state index contributed by atoms with van der Waals surface area (Å²) in [5.41, 5.74) is 2.14. The molecule has 0 amide bonds. The van der Waals surface area contributed by atoms with Gasteiger partial charge in [-0.25, -0.2) is 0 Å². The van der Waals surface area contributed by atoms with Crippen LogP contribution in [0.4, 0.5) is 0 Å². The zero-order valence-electron chi connectivity index (χ0n) is 19.1. The molecule has 0 spiro atoms. The molecular weight excluding hydrogens is 479 g/mol. The molecule has 170 valence electrons. The predicted octanol–water partition coefficient (Wildman–Crippen LogP) is 7.63. The SMILES string of the molecule is S=P12c3ccccc3Oc3ccc(-c4ccc5ccccc5c4)c(c31)Oc1c2ccc2ccccc12. The molecule has 0 saturated heterocycles. The molecule has 0 bridgehead atoms. The molecule has 4 heteroatoms. The van der Waals surface area contributed by atoms with Crippen LogP contribution in [-0.4, -0.2) is 0 Å². The van der Waals surface area contributed by atoms with E-state index < -0.39 is 6.04 Å². The molecular formula is C32H19O2PS. The van der Waals surface area contributed by atoms with Crippen LogP contribution in [0.15, 0.2) is 115 Å². The Bertz CT molecular complexity index is 1940. The molecule has 0 fully saturated rings. The van der Waals surface area contributed by atoms with Gasteiger partial charge in [0.05, 0.1) is 11.3 Å². The van der Waals surface area contributed by atoms with Crippen molar-refractivity contribution in [3.05, 3.63) is 115 Å². The van der Waals surface area contributed by atoms with E-state index in [0.29, 0.717) is 0 Å². The van der Waals surface area contributed by atoms with Crippen molar-refractivity contribution >= 4 is 55.3 Å². The van der Waals surface area contributed by atoms with E-state index in [9.17, 15) is 0 Å². The summed E-state index contributed by atoms with van der Waals surface area (Å²) in [5, 5.41) is 7.84. The first-order chi connectivity index (χ1) is 17.7. The van der Waals surface area contributed by atoms with E-state index in [-0.39, 0.29) is 0 Å². The summed E-state index contributed by atoms with van der Waals surface area (Å²) in [5.74, 6) is 3.35. The van der Waals surface area contributed by atoms with Crippen LogP contribution in [0.3, 0.4) is 0 Å². The molecule has 6 aromatic carbocycles. The second kappa shape index (κ2) is 7.30. The van der Waals surface area contributed by atoms with Crippen molar-refractivity contribution in [1.82, 2.24) is 0 Å². The second-order valence-corrected chi connectivity index (χ2v) is 13.5. The molecule has 2 aliphatic rings. The Labute approximate surface area is 213 Å². The Morgan fingerprint density at radius 2 is 1.28 bits per heavy atom. The Kier molecular flexibility index (Phi) is 4.12. The fraction of sp³-hybridized carbons (Fsp3) is 0. The zero-order valence-corrected chi connectivity index (χ0v) is 20.9. The van der Waals surface area contributed by atoms with Gasteiger partial charge < -0.3 is 9.47 Å². The van der Waals surface area contributed by atoms with Crippen LogP contribution in [0.1, 0.15) is 0 Å². The molecule has 0 N–H and O–H groups in total. The Morgan fingerprint density at radius 3 is 2.19 bits per heavy atom. The van der Waals surface area contributed by atoms with Gasteiger partial charge in [-0.15, -0.1) is 0 Å². The van der Waals surface area contributed by atoms with Crippen LogP contribution in [0.2, 0.25) is 0 Å². The minimum Gasteiger partial charge on any atom is -0.456 e. The lowest BCUT2D eigenvalue weighted by molar-refractivity contribution is 0.470. The number of para-hydroxylation sites is 1. The van der Waals surface area contributed by atoms with Gasteiger partial charge in [-0.05, 0) is 58.1 Å². The quantitative estimate of drug-likeness (QED) is 0.217. The average molecular weight is 499 g/mol. The number of rotatable bonds is 1. The van der Waals surface area contributed by atoms with E-state index in [1.807, 2.05) is 12.1 Å². The third-order valence-electron chi connectivity index (χ3n) is 7.30.